The van der Waals surface area contributed by atoms with Gasteiger partial charge in [0.25, 0.3) is 5.91 Å². The van der Waals surface area contributed by atoms with Gasteiger partial charge in [-0.2, -0.15) is 0 Å². The second-order valence-corrected chi connectivity index (χ2v) is 6.99. The predicted molar refractivity (Wildman–Crippen MR) is 101 cm³/mol. The minimum atomic E-state index is -0.0888. The maximum atomic E-state index is 12.4. The number of rotatable bonds is 4. The smallest absolute Gasteiger partial charge is 0.258 e. The molecule has 0 saturated heterocycles. The van der Waals surface area contributed by atoms with Crippen molar-refractivity contribution >= 4 is 11.6 Å². The topological polar surface area (TPSA) is 64.3 Å². The first-order valence-electron chi connectivity index (χ1n) is 8.82. The number of hydrogen-bond donors (Lipinski definition) is 2. The minimum Gasteiger partial charge on any atom is -0.483 e. The zero-order chi connectivity index (χ0) is 18.0. The molecule has 3 rings (SSSR count). The summed E-state index contributed by atoms with van der Waals surface area (Å²) in [5, 5.41) is 3.11. The van der Waals surface area contributed by atoms with Crippen LogP contribution in [0.4, 0.5) is 5.69 Å². The average molecular weight is 338 g/mol. The molecule has 1 unspecified atom stereocenters. The fourth-order valence-electron chi connectivity index (χ4n) is 3.75. The average Bonchev–Trinajstić information content (AvgIpc) is 2.53. The summed E-state index contributed by atoms with van der Waals surface area (Å²) in [5.74, 6) is 0.714. The van der Waals surface area contributed by atoms with Gasteiger partial charge in [0.1, 0.15) is 5.75 Å². The van der Waals surface area contributed by atoms with Crippen LogP contribution in [0.15, 0.2) is 30.3 Å². The summed E-state index contributed by atoms with van der Waals surface area (Å²) in [4.78, 5) is 12.4. The number of hydrogen-bond acceptors (Lipinski definition) is 3. The molecule has 25 heavy (non-hydrogen) atoms. The van der Waals surface area contributed by atoms with Crippen molar-refractivity contribution in [2.24, 2.45) is 0 Å². The zero-order valence-electron chi connectivity index (χ0n) is 15.2. The Morgan fingerprint density at radius 2 is 1.92 bits per heavy atom. The van der Waals surface area contributed by atoms with Gasteiger partial charge in [-0.15, -0.1) is 0 Å². The molecule has 1 aliphatic carbocycles. The van der Waals surface area contributed by atoms with E-state index in [1.807, 2.05) is 32.0 Å². The van der Waals surface area contributed by atoms with Crippen LogP contribution < -0.4 is 15.8 Å². The number of nitrogen functional groups attached to an aromatic ring is 1. The van der Waals surface area contributed by atoms with Gasteiger partial charge < -0.3 is 15.8 Å². The summed E-state index contributed by atoms with van der Waals surface area (Å²) in [6.45, 7) is 6.11. The predicted octanol–water partition coefficient (Wildman–Crippen LogP) is 3.77. The molecule has 0 radical (unpaired) electrons. The molecule has 132 valence electrons. The normalized spacial score (nSPS) is 16.2. The van der Waals surface area contributed by atoms with Crippen LogP contribution in [0.2, 0.25) is 0 Å². The van der Waals surface area contributed by atoms with E-state index in [0.717, 1.165) is 41.8 Å². The Kier molecular flexibility index (Phi) is 4.98. The third kappa shape index (κ3) is 3.95. The first-order valence-corrected chi connectivity index (χ1v) is 8.82. The van der Waals surface area contributed by atoms with E-state index >= 15 is 0 Å². The fourth-order valence-corrected chi connectivity index (χ4v) is 3.75. The van der Waals surface area contributed by atoms with E-state index in [2.05, 4.69) is 24.4 Å². The lowest BCUT2D eigenvalue weighted by Crippen LogP contribution is -2.34. The van der Waals surface area contributed by atoms with Gasteiger partial charge in [0.2, 0.25) is 0 Å². The molecule has 4 heteroatoms. The summed E-state index contributed by atoms with van der Waals surface area (Å²) in [5.41, 5.74) is 12.4. The number of carbonyl (C=O) groups excluding carboxylic acids is 1. The van der Waals surface area contributed by atoms with E-state index in [0.29, 0.717) is 0 Å². The van der Waals surface area contributed by atoms with Crippen molar-refractivity contribution in [3.8, 4) is 5.75 Å². The molecule has 1 amide bonds. The van der Waals surface area contributed by atoms with Gasteiger partial charge in [-0.3, -0.25) is 4.79 Å². The van der Waals surface area contributed by atoms with Gasteiger partial charge >= 0.3 is 0 Å². The lowest BCUT2D eigenvalue weighted by molar-refractivity contribution is -0.124. The van der Waals surface area contributed by atoms with Crippen molar-refractivity contribution < 1.29 is 9.53 Å². The Morgan fingerprint density at radius 3 is 2.64 bits per heavy atom. The standard InChI is InChI=1S/C21H26N2O2/c1-13-9-14(2)21(15(3)10-13)25-12-20(24)23-19-6-4-5-16-11-17(22)7-8-18(16)19/h7-11,19H,4-6,12,22H2,1-3H3,(H,23,24). The summed E-state index contributed by atoms with van der Waals surface area (Å²) < 4.78 is 5.80. The van der Waals surface area contributed by atoms with Crippen LogP contribution in [0.3, 0.4) is 0 Å². The minimum absolute atomic E-state index is 0.0333. The van der Waals surface area contributed by atoms with Crippen LogP contribution in [-0.4, -0.2) is 12.5 Å². The highest BCUT2D eigenvalue weighted by Crippen LogP contribution is 2.31. The quantitative estimate of drug-likeness (QED) is 0.834. The largest absolute Gasteiger partial charge is 0.483 e. The molecule has 0 spiro atoms. The molecule has 4 nitrogen and oxygen atoms in total. The number of aryl methyl sites for hydroxylation is 4. The first kappa shape index (κ1) is 17.3. The van der Waals surface area contributed by atoms with Crippen LogP contribution in [-0.2, 0) is 11.2 Å². The third-order valence-corrected chi connectivity index (χ3v) is 4.77. The highest BCUT2D eigenvalue weighted by molar-refractivity contribution is 5.78. The Bertz CT molecular complexity index is 775. The van der Waals surface area contributed by atoms with Crippen LogP contribution in [0.5, 0.6) is 5.75 Å². The van der Waals surface area contributed by atoms with Crippen molar-refractivity contribution in [3.05, 3.63) is 58.1 Å². The Balaban J connectivity index is 1.65. The molecule has 3 N–H and O–H groups in total. The van der Waals surface area contributed by atoms with E-state index in [4.69, 9.17) is 10.5 Å². The molecule has 0 saturated carbocycles. The fraction of sp³-hybridized carbons (Fsp3) is 0.381. The number of nitrogens with one attached hydrogen (secondary N) is 1. The lowest BCUT2D eigenvalue weighted by Gasteiger charge is -2.26. The van der Waals surface area contributed by atoms with Crippen molar-refractivity contribution in [2.75, 3.05) is 12.3 Å². The van der Waals surface area contributed by atoms with E-state index in [1.165, 1.54) is 16.7 Å². The second-order valence-electron chi connectivity index (χ2n) is 6.99. The third-order valence-electron chi connectivity index (χ3n) is 4.77. The first-order chi connectivity index (χ1) is 11.9. The van der Waals surface area contributed by atoms with Gasteiger partial charge in [0.15, 0.2) is 6.61 Å². The molecule has 1 atom stereocenters. The number of ether oxygens (including phenoxy) is 1. The van der Waals surface area contributed by atoms with E-state index in [-0.39, 0.29) is 18.6 Å². The molecule has 2 aromatic rings. The number of nitrogens with two attached hydrogens (primary N) is 1. The Labute approximate surface area is 149 Å². The highest BCUT2D eigenvalue weighted by atomic mass is 16.5. The Hall–Kier alpha value is -2.49. The number of fused-ring (bicyclic) bond motifs is 1. The monoisotopic (exact) mass is 338 g/mol. The van der Waals surface area contributed by atoms with E-state index in [9.17, 15) is 4.79 Å². The molecule has 0 bridgehead atoms. The molecular weight excluding hydrogens is 312 g/mol. The van der Waals surface area contributed by atoms with Gasteiger partial charge in [0, 0.05) is 5.69 Å². The summed E-state index contributed by atoms with van der Waals surface area (Å²) in [7, 11) is 0. The maximum Gasteiger partial charge on any atom is 0.258 e. The molecule has 0 heterocycles. The van der Waals surface area contributed by atoms with Crippen molar-refractivity contribution in [2.45, 2.75) is 46.1 Å². The lowest BCUT2D eigenvalue weighted by atomic mass is 9.87. The molecule has 0 fully saturated rings. The number of benzene rings is 2. The van der Waals surface area contributed by atoms with Gasteiger partial charge in [-0.25, -0.2) is 0 Å². The second kappa shape index (κ2) is 7.18. The number of amides is 1. The molecule has 0 aromatic heterocycles. The maximum absolute atomic E-state index is 12.4. The van der Waals surface area contributed by atoms with Crippen LogP contribution in [0.25, 0.3) is 0 Å². The zero-order valence-corrected chi connectivity index (χ0v) is 15.2. The summed E-state index contributed by atoms with van der Waals surface area (Å²) in [6.07, 6.45) is 3.02. The molecule has 1 aliphatic rings. The number of carbonyl (C=O) groups is 1. The summed E-state index contributed by atoms with van der Waals surface area (Å²) in [6, 6.07) is 10.1. The van der Waals surface area contributed by atoms with Crippen molar-refractivity contribution in [1.82, 2.24) is 5.32 Å². The highest BCUT2D eigenvalue weighted by Gasteiger charge is 2.22. The van der Waals surface area contributed by atoms with Crippen LogP contribution >= 0.6 is 0 Å². The van der Waals surface area contributed by atoms with Crippen LogP contribution in [0, 0.1) is 20.8 Å². The van der Waals surface area contributed by atoms with Gasteiger partial charge in [-0.1, -0.05) is 23.8 Å². The van der Waals surface area contributed by atoms with Crippen LogP contribution in [0.1, 0.15) is 46.7 Å². The van der Waals surface area contributed by atoms with E-state index < -0.39 is 0 Å². The van der Waals surface area contributed by atoms with Crippen molar-refractivity contribution in [1.29, 1.82) is 0 Å². The van der Waals surface area contributed by atoms with Gasteiger partial charge in [0.05, 0.1) is 6.04 Å². The van der Waals surface area contributed by atoms with E-state index in [1.54, 1.807) is 0 Å². The summed E-state index contributed by atoms with van der Waals surface area (Å²) >= 11 is 0. The molecule has 2 aromatic carbocycles. The van der Waals surface area contributed by atoms with Gasteiger partial charge in [-0.05, 0) is 74.4 Å². The SMILES string of the molecule is Cc1cc(C)c(OCC(=O)NC2CCCc3cc(N)ccc32)c(C)c1. The molecule has 0 aliphatic heterocycles. The van der Waals surface area contributed by atoms with Crippen molar-refractivity contribution in [3.63, 3.8) is 0 Å². The number of anilines is 1. The Morgan fingerprint density at radius 1 is 1.20 bits per heavy atom. The molecular formula is C21H26N2O2.